The van der Waals surface area contributed by atoms with Crippen molar-refractivity contribution in [3.8, 4) is 0 Å². The Morgan fingerprint density at radius 2 is 0.960 bits per heavy atom. The van der Waals surface area contributed by atoms with Crippen LogP contribution in [0.1, 0.15) is 20.8 Å². The molecule has 0 amide bonds. The third-order valence-electron chi connectivity index (χ3n) is 2.94. The van der Waals surface area contributed by atoms with Crippen molar-refractivity contribution in [2.75, 3.05) is 19.6 Å². The molecule has 0 aromatic rings. The molecular weight excluding hydrogens is 383 g/mol. The zero-order chi connectivity index (χ0) is 20.9. The molecule has 1 N–H and O–H groups in total. The molecule has 0 saturated heterocycles. The van der Waals surface area contributed by atoms with Crippen molar-refractivity contribution in [2.45, 2.75) is 45.2 Å². The van der Waals surface area contributed by atoms with Crippen LogP contribution in [-0.2, 0) is 0 Å². The van der Waals surface area contributed by atoms with Gasteiger partial charge >= 0.3 is 24.5 Å². The van der Waals surface area contributed by atoms with Crippen LogP contribution in [0.5, 0.6) is 0 Å². The molecule has 0 aromatic heterocycles. The number of hydrogen-bond donors (Lipinski definition) is 1. The second kappa shape index (κ2) is 8.90. The molecule has 0 heterocycles. The molecule has 13 heteroatoms. The summed E-state index contributed by atoms with van der Waals surface area (Å²) in [4.78, 5) is 1.68. The van der Waals surface area contributed by atoms with Crippen molar-refractivity contribution < 1.29 is 58.3 Å². The fourth-order valence-corrected chi connectivity index (χ4v) is 1.45. The van der Waals surface area contributed by atoms with Gasteiger partial charge in [0, 0.05) is 0 Å². The standard InChI is InChI=1S/C6HF11O.C6H15N/c7-3(8,6(15,16)17)2(18)1(4(9,10)11)5(12,13)14;1-4-7(5-2)6-3/h18H;4-6H2,1-3H3. The predicted molar refractivity (Wildman–Crippen MR) is 62.7 cm³/mol. The van der Waals surface area contributed by atoms with E-state index in [0.717, 1.165) is 0 Å². The SMILES string of the molecule is CC[NH+](CC)CC.[O-]C(=C(C(F)(F)F)C(F)(F)F)C(F)(F)C(F)(F)F. The van der Waals surface area contributed by atoms with E-state index in [1.807, 2.05) is 0 Å². The Bertz CT molecular complexity index is 408. The molecule has 0 aromatic carbocycles. The van der Waals surface area contributed by atoms with E-state index < -0.39 is 35.8 Å². The van der Waals surface area contributed by atoms with Gasteiger partial charge in [0.25, 0.3) is 0 Å². The van der Waals surface area contributed by atoms with Crippen LogP contribution in [0.25, 0.3) is 0 Å². The van der Waals surface area contributed by atoms with Gasteiger partial charge in [-0.15, -0.1) is 0 Å². The lowest BCUT2D eigenvalue weighted by atomic mass is 10.1. The Hall–Kier alpha value is -1.27. The van der Waals surface area contributed by atoms with Crippen LogP contribution >= 0.6 is 0 Å². The molecule has 25 heavy (non-hydrogen) atoms. The van der Waals surface area contributed by atoms with E-state index in [2.05, 4.69) is 20.8 Å². The first-order valence-electron chi connectivity index (χ1n) is 6.71. The molecule has 0 unspecified atom stereocenters. The molecule has 0 saturated carbocycles. The van der Waals surface area contributed by atoms with Crippen LogP contribution in [-0.4, -0.2) is 44.1 Å². The highest BCUT2D eigenvalue weighted by molar-refractivity contribution is 5.24. The smallest absolute Gasteiger partial charge is 0.456 e. The molecule has 0 bridgehead atoms. The Labute approximate surface area is 135 Å². The first-order chi connectivity index (χ1) is 10.9. The van der Waals surface area contributed by atoms with E-state index in [0.29, 0.717) is 0 Å². The monoisotopic (exact) mass is 399 g/mol. The Kier molecular flexibility index (Phi) is 9.24. The van der Waals surface area contributed by atoms with Crippen molar-refractivity contribution in [2.24, 2.45) is 0 Å². The second-order valence-electron chi connectivity index (χ2n) is 4.58. The van der Waals surface area contributed by atoms with Gasteiger partial charge in [0.05, 0.1) is 19.6 Å². The number of hydrogen-bond acceptors (Lipinski definition) is 1. The first kappa shape index (κ1) is 26.0. The van der Waals surface area contributed by atoms with Crippen molar-refractivity contribution >= 4 is 0 Å². The lowest BCUT2D eigenvalue weighted by Gasteiger charge is -2.30. The van der Waals surface area contributed by atoms with Gasteiger partial charge in [0.15, 0.2) is 0 Å². The largest absolute Gasteiger partial charge is 0.871 e. The number of halogens is 11. The molecule has 0 fully saturated rings. The maximum absolute atomic E-state index is 12.1. The minimum absolute atomic E-state index is 1.27. The summed E-state index contributed by atoms with van der Waals surface area (Å²) in [6.45, 7) is 10.5. The summed E-state index contributed by atoms with van der Waals surface area (Å²) in [5, 5.41) is 10.2. The molecule has 0 spiro atoms. The fourth-order valence-electron chi connectivity index (χ4n) is 1.45. The van der Waals surface area contributed by atoms with Gasteiger partial charge in [-0.25, -0.2) is 0 Å². The molecule has 0 aliphatic heterocycles. The number of rotatable bonds is 4. The van der Waals surface area contributed by atoms with Gasteiger partial charge in [-0.3, -0.25) is 0 Å². The highest BCUT2D eigenvalue weighted by Gasteiger charge is 2.62. The fraction of sp³-hybridized carbons (Fsp3) is 0.833. The number of quaternary nitrogens is 1. The summed E-state index contributed by atoms with van der Waals surface area (Å²) in [6, 6.07) is 0. The summed E-state index contributed by atoms with van der Waals surface area (Å²) in [7, 11) is 0. The van der Waals surface area contributed by atoms with E-state index in [1.165, 1.54) is 19.6 Å². The van der Waals surface area contributed by atoms with Gasteiger partial charge in [0.2, 0.25) is 0 Å². The summed E-state index contributed by atoms with van der Waals surface area (Å²) in [5.41, 5.74) is -4.42. The summed E-state index contributed by atoms with van der Waals surface area (Å²) in [5.74, 6) is -11.2. The second-order valence-corrected chi connectivity index (χ2v) is 4.58. The highest BCUT2D eigenvalue weighted by Crippen LogP contribution is 2.47. The third-order valence-corrected chi connectivity index (χ3v) is 2.94. The van der Waals surface area contributed by atoms with Crippen molar-refractivity contribution in [3.05, 3.63) is 11.3 Å². The van der Waals surface area contributed by atoms with Gasteiger partial charge in [-0.2, -0.15) is 48.3 Å². The number of allylic oxidation sites excluding steroid dienone is 2. The van der Waals surface area contributed by atoms with E-state index >= 15 is 0 Å². The minimum Gasteiger partial charge on any atom is -0.871 e. The Morgan fingerprint density at radius 1 is 0.680 bits per heavy atom. The maximum Gasteiger partial charge on any atom is 0.456 e. The normalized spacial score (nSPS) is 13.4. The van der Waals surface area contributed by atoms with Crippen molar-refractivity contribution in [1.29, 1.82) is 0 Å². The lowest BCUT2D eigenvalue weighted by molar-refractivity contribution is -0.894. The molecule has 2 nitrogen and oxygen atoms in total. The van der Waals surface area contributed by atoms with Crippen LogP contribution in [0.15, 0.2) is 11.3 Å². The molecule has 0 rings (SSSR count). The van der Waals surface area contributed by atoms with Crippen LogP contribution in [0.4, 0.5) is 48.3 Å². The van der Waals surface area contributed by atoms with Crippen molar-refractivity contribution in [3.63, 3.8) is 0 Å². The van der Waals surface area contributed by atoms with E-state index in [-0.39, 0.29) is 0 Å². The maximum atomic E-state index is 12.1. The Balaban J connectivity index is 0. The topological polar surface area (TPSA) is 27.5 Å². The highest BCUT2D eigenvalue weighted by atomic mass is 19.4. The van der Waals surface area contributed by atoms with Crippen LogP contribution in [0.3, 0.4) is 0 Å². The number of alkyl halides is 11. The summed E-state index contributed by atoms with van der Waals surface area (Å²) >= 11 is 0. The van der Waals surface area contributed by atoms with Gasteiger partial charge in [0.1, 0.15) is 5.57 Å². The summed E-state index contributed by atoms with van der Waals surface area (Å²) in [6.07, 6.45) is -20.3. The lowest BCUT2D eigenvalue weighted by Crippen LogP contribution is -3.11. The third kappa shape index (κ3) is 7.65. The molecule has 0 atom stereocenters. The van der Waals surface area contributed by atoms with Gasteiger partial charge < -0.3 is 10.0 Å². The van der Waals surface area contributed by atoms with E-state index in [1.54, 1.807) is 4.90 Å². The minimum atomic E-state index is -6.87. The van der Waals surface area contributed by atoms with Gasteiger partial charge in [-0.1, -0.05) is 0 Å². The molecular formula is C12H16F11NO. The first-order valence-corrected chi connectivity index (χ1v) is 6.71. The predicted octanol–water partition coefficient (Wildman–Crippen LogP) is 2.85. The quantitative estimate of drug-likeness (QED) is 0.572. The number of nitrogens with one attached hydrogen (secondary N) is 1. The zero-order valence-corrected chi connectivity index (χ0v) is 13.2. The van der Waals surface area contributed by atoms with Gasteiger partial charge in [-0.05, 0) is 26.5 Å². The van der Waals surface area contributed by atoms with Crippen LogP contribution in [0.2, 0.25) is 0 Å². The molecule has 0 aliphatic rings. The average molecular weight is 399 g/mol. The average Bonchev–Trinajstić information content (AvgIpc) is 2.36. The molecule has 0 radical (unpaired) electrons. The van der Waals surface area contributed by atoms with Crippen molar-refractivity contribution in [1.82, 2.24) is 0 Å². The summed E-state index contributed by atoms with van der Waals surface area (Å²) < 4.78 is 129. The molecule has 0 aliphatic carbocycles. The van der Waals surface area contributed by atoms with E-state index in [4.69, 9.17) is 0 Å². The zero-order valence-electron chi connectivity index (χ0n) is 13.2. The van der Waals surface area contributed by atoms with Crippen LogP contribution < -0.4 is 10.0 Å². The van der Waals surface area contributed by atoms with E-state index in [9.17, 15) is 53.4 Å². The molecule has 152 valence electrons. The Morgan fingerprint density at radius 3 is 1.08 bits per heavy atom. The van der Waals surface area contributed by atoms with Crippen LogP contribution in [0, 0.1) is 0 Å².